The molecule has 0 bridgehead atoms. The van der Waals surface area contributed by atoms with Crippen molar-refractivity contribution < 1.29 is 14.6 Å². The van der Waals surface area contributed by atoms with Crippen molar-refractivity contribution in [1.82, 2.24) is 0 Å². The average Bonchev–Trinajstić information content (AvgIpc) is 2.21. The van der Waals surface area contributed by atoms with Crippen LogP contribution < -0.4 is 5.73 Å². The van der Waals surface area contributed by atoms with Crippen LogP contribution >= 0.6 is 11.8 Å². The van der Waals surface area contributed by atoms with E-state index in [9.17, 15) is 4.79 Å². The molecule has 0 amide bonds. The van der Waals surface area contributed by atoms with Crippen LogP contribution in [0.15, 0.2) is 0 Å². The van der Waals surface area contributed by atoms with Gasteiger partial charge in [-0.15, -0.1) is 0 Å². The Morgan fingerprint density at radius 2 is 2.21 bits per heavy atom. The summed E-state index contributed by atoms with van der Waals surface area (Å²) in [5.41, 5.74) is 5.53. The number of rotatable bonds is 8. The van der Waals surface area contributed by atoms with Crippen molar-refractivity contribution in [1.29, 1.82) is 0 Å². The lowest BCUT2D eigenvalue weighted by molar-refractivity contribution is -0.141. The van der Waals surface area contributed by atoms with Crippen molar-refractivity contribution in [2.45, 2.75) is 25.3 Å². The molecule has 1 unspecified atom stereocenters. The Bertz CT molecular complexity index is 155. The molecule has 4 nitrogen and oxygen atoms in total. The van der Waals surface area contributed by atoms with Crippen molar-refractivity contribution in [2.24, 2.45) is 5.73 Å². The molecule has 5 heteroatoms. The predicted molar refractivity (Wildman–Crippen MR) is 58.3 cm³/mol. The molecule has 0 spiro atoms. The van der Waals surface area contributed by atoms with Gasteiger partial charge in [-0.25, -0.2) is 0 Å². The quantitative estimate of drug-likeness (QED) is 0.458. The van der Waals surface area contributed by atoms with E-state index in [1.807, 2.05) is 0 Å². The Hall–Kier alpha value is -0.260. The van der Waals surface area contributed by atoms with Crippen molar-refractivity contribution in [3.05, 3.63) is 0 Å². The number of esters is 1. The van der Waals surface area contributed by atoms with Gasteiger partial charge in [0.1, 0.15) is 6.04 Å². The van der Waals surface area contributed by atoms with E-state index < -0.39 is 6.04 Å². The third kappa shape index (κ3) is 7.17. The first kappa shape index (κ1) is 13.7. The van der Waals surface area contributed by atoms with Crippen LogP contribution in [0.25, 0.3) is 0 Å². The summed E-state index contributed by atoms with van der Waals surface area (Å²) in [6.45, 7) is 0.256. The number of carbonyl (C=O) groups is 1. The minimum Gasteiger partial charge on any atom is -0.468 e. The molecule has 0 aliphatic heterocycles. The third-order valence-corrected chi connectivity index (χ3v) is 2.92. The maximum Gasteiger partial charge on any atom is 0.323 e. The van der Waals surface area contributed by atoms with Crippen LogP contribution in [0.4, 0.5) is 0 Å². The van der Waals surface area contributed by atoms with Gasteiger partial charge < -0.3 is 15.6 Å². The Labute approximate surface area is 89.2 Å². The van der Waals surface area contributed by atoms with E-state index in [4.69, 9.17) is 10.8 Å². The average molecular weight is 221 g/mol. The minimum absolute atomic E-state index is 0.256. The smallest absolute Gasteiger partial charge is 0.323 e. The molecule has 0 aromatic carbocycles. The zero-order valence-electron chi connectivity index (χ0n) is 8.57. The highest BCUT2D eigenvalue weighted by Crippen LogP contribution is 2.07. The number of aliphatic hydroxyl groups is 1. The van der Waals surface area contributed by atoms with Gasteiger partial charge in [-0.2, -0.15) is 11.8 Å². The van der Waals surface area contributed by atoms with E-state index in [0.29, 0.717) is 5.75 Å². The molecule has 14 heavy (non-hydrogen) atoms. The zero-order valence-corrected chi connectivity index (χ0v) is 9.39. The fourth-order valence-electron chi connectivity index (χ4n) is 0.922. The molecule has 3 N–H and O–H groups in total. The van der Waals surface area contributed by atoms with E-state index in [-0.39, 0.29) is 12.6 Å². The van der Waals surface area contributed by atoms with E-state index in [1.165, 1.54) is 7.11 Å². The summed E-state index contributed by atoms with van der Waals surface area (Å²) >= 11 is 1.65. The third-order valence-electron chi connectivity index (χ3n) is 1.75. The van der Waals surface area contributed by atoms with Crippen LogP contribution in [0.5, 0.6) is 0 Å². The number of aliphatic hydroxyl groups excluding tert-OH is 1. The van der Waals surface area contributed by atoms with Gasteiger partial charge in [0.25, 0.3) is 0 Å². The van der Waals surface area contributed by atoms with E-state index >= 15 is 0 Å². The Morgan fingerprint density at radius 1 is 1.50 bits per heavy atom. The molecular weight excluding hydrogens is 202 g/mol. The maximum absolute atomic E-state index is 10.9. The summed E-state index contributed by atoms with van der Waals surface area (Å²) in [6.07, 6.45) is 2.93. The van der Waals surface area contributed by atoms with Crippen LogP contribution in [0, 0.1) is 0 Å². The molecule has 0 saturated carbocycles. The molecule has 0 radical (unpaired) electrons. The zero-order chi connectivity index (χ0) is 10.8. The van der Waals surface area contributed by atoms with Gasteiger partial charge >= 0.3 is 5.97 Å². The van der Waals surface area contributed by atoms with E-state index in [0.717, 1.165) is 25.0 Å². The van der Waals surface area contributed by atoms with Gasteiger partial charge in [-0.3, -0.25) is 4.79 Å². The van der Waals surface area contributed by atoms with Crippen molar-refractivity contribution in [2.75, 3.05) is 25.2 Å². The molecule has 0 fully saturated rings. The number of methoxy groups -OCH3 is 1. The summed E-state index contributed by atoms with van der Waals surface area (Å²) in [5.74, 6) is 1.23. The van der Waals surface area contributed by atoms with Gasteiger partial charge in [-0.05, 0) is 18.6 Å². The van der Waals surface area contributed by atoms with Gasteiger partial charge in [0.15, 0.2) is 0 Å². The lowest BCUT2D eigenvalue weighted by atomic mass is 10.3. The summed E-state index contributed by atoms with van der Waals surface area (Å²) in [4.78, 5) is 10.9. The minimum atomic E-state index is -0.511. The van der Waals surface area contributed by atoms with E-state index in [1.54, 1.807) is 11.8 Å². The summed E-state index contributed by atoms with van der Waals surface area (Å²) in [6, 6.07) is -0.511. The lowest BCUT2D eigenvalue weighted by Crippen LogP contribution is -2.33. The molecular formula is C9H19NO3S. The van der Waals surface area contributed by atoms with Crippen LogP contribution in [0.3, 0.4) is 0 Å². The second-order valence-electron chi connectivity index (χ2n) is 2.99. The summed E-state index contributed by atoms with van der Waals surface area (Å²) in [7, 11) is 1.34. The fraction of sp³-hybridized carbons (Fsp3) is 0.889. The molecule has 0 saturated heterocycles. The normalized spacial score (nSPS) is 12.5. The maximum atomic E-state index is 10.9. The van der Waals surface area contributed by atoms with Crippen LogP contribution in [-0.4, -0.2) is 42.3 Å². The molecule has 1 atom stereocenters. The highest BCUT2D eigenvalue weighted by molar-refractivity contribution is 7.99. The highest BCUT2D eigenvalue weighted by atomic mass is 32.2. The molecule has 0 aliphatic carbocycles. The number of nitrogens with two attached hydrogens (primary N) is 1. The number of carbonyl (C=O) groups excluding carboxylic acids is 1. The summed E-state index contributed by atoms with van der Waals surface area (Å²) in [5, 5.41) is 8.53. The van der Waals surface area contributed by atoms with Crippen molar-refractivity contribution in [3.8, 4) is 0 Å². The number of hydrogen-bond acceptors (Lipinski definition) is 5. The second-order valence-corrected chi connectivity index (χ2v) is 4.14. The van der Waals surface area contributed by atoms with E-state index in [2.05, 4.69) is 4.74 Å². The first-order chi connectivity index (χ1) is 6.72. The Kier molecular flexibility index (Phi) is 9.13. The Balaban J connectivity index is 3.23. The van der Waals surface area contributed by atoms with Crippen LogP contribution in [0.1, 0.15) is 19.3 Å². The fourth-order valence-corrected chi connectivity index (χ4v) is 1.89. The predicted octanol–water partition coefficient (Wildman–Crippen LogP) is 0.382. The molecule has 0 aliphatic rings. The highest BCUT2D eigenvalue weighted by Gasteiger charge is 2.12. The van der Waals surface area contributed by atoms with Gasteiger partial charge in [0, 0.05) is 12.4 Å². The molecule has 0 rings (SSSR count). The molecule has 0 aromatic heterocycles. The number of hydrogen-bond donors (Lipinski definition) is 2. The molecule has 84 valence electrons. The monoisotopic (exact) mass is 221 g/mol. The first-order valence-electron chi connectivity index (χ1n) is 4.74. The van der Waals surface area contributed by atoms with Gasteiger partial charge in [0.05, 0.1) is 7.11 Å². The van der Waals surface area contributed by atoms with Gasteiger partial charge in [0.2, 0.25) is 0 Å². The van der Waals surface area contributed by atoms with Crippen molar-refractivity contribution >= 4 is 17.7 Å². The Morgan fingerprint density at radius 3 is 2.79 bits per heavy atom. The molecule has 0 heterocycles. The molecule has 0 aromatic rings. The largest absolute Gasteiger partial charge is 0.468 e. The lowest BCUT2D eigenvalue weighted by Gasteiger charge is -2.08. The second kappa shape index (κ2) is 9.30. The summed E-state index contributed by atoms with van der Waals surface area (Å²) < 4.78 is 4.50. The van der Waals surface area contributed by atoms with Crippen molar-refractivity contribution in [3.63, 3.8) is 0 Å². The number of thioether (sulfide) groups is 1. The topological polar surface area (TPSA) is 72.5 Å². The first-order valence-corrected chi connectivity index (χ1v) is 5.90. The number of unbranched alkanes of at least 4 members (excludes halogenated alkanes) is 2. The number of ether oxygens (including phenoxy) is 1. The van der Waals surface area contributed by atoms with Crippen LogP contribution in [-0.2, 0) is 9.53 Å². The SMILES string of the molecule is COC(=O)C(N)CSCCCCCO. The van der Waals surface area contributed by atoms with Crippen LogP contribution in [0.2, 0.25) is 0 Å². The van der Waals surface area contributed by atoms with Gasteiger partial charge in [-0.1, -0.05) is 6.42 Å². The standard InChI is InChI=1S/C9H19NO3S/c1-13-9(12)8(10)7-14-6-4-2-3-5-11/h8,11H,2-7,10H2,1H3.